The SMILES string of the molecule is NC(N)=C(N)[Si]. The van der Waals surface area contributed by atoms with Crippen LogP contribution in [0.15, 0.2) is 11.1 Å². The number of rotatable bonds is 0. The Balaban J connectivity index is 3.68. The summed E-state index contributed by atoms with van der Waals surface area (Å²) in [7, 11) is 2.89. The zero-order valence-electron chi connectivity index (χ0n) is 3.23. The second-order valence-corrected chi connectivity index (χ2v) is 1.41. The predicted octanol–water partition coefficient (Wildman–Crippen LogP) is -1.84. The standard InChI is InChI=1S/C2H6N3Si/c3-1(4)2(5)6/h3-5H2. The fraction of sp³-hybridized carbons (Fsp3) is 0. The fourth-order valence-corrected chi connectivity index (χ4v) is 0. The van der Waals surface area contributed by atoms with Crippen LogP contribution in [0.2, 0.25) is 0 Å². The average molecular weight is 100 g/mol. The smallest absolute Gasteiger partial charge is 0.107 e. The maximum atomic E-state index is 4.98. The van der Waals surface area contributed by atoms with Gasteiger partial charge >= 0.3 is 0 Å². The molecular weight excluding hydrogens is 94.1 g/mol. The molecule has 0 saturated carbocycles. The van der Waals surface area contributed by atoms with Gasteiger partial charge in [0.1, 0.15) is 16.1 Å². The number of hydrogen-bond acceptors (Lipinski definition) is 3. The molecule has 0 atom stereocenters. The monoisotopic (exact) mass is 100 g/mol. The molecule has 3 radical (unpaired) electrons. The van der Waals surface area contributed by atoms with Gasteiger partial charge in [-0.2, -0.15) is 0 Å². The molecule has 0 bridgehead atoms. The van der Waals surface area contributed by atoms with E-state index in [0.717, 1.165) is 0 Å². The van der Waals surface area contributed by atoms with E-state index in [1.807, 2.05) is 0 Å². The van der Waals surface area contributed by atoms with E-state index in [0.29, 0.717) is 0 Å². The minimum atomic E-state index is 0.117. The lowest BCUT2D eigenvalue weighted by Crippen LogP contribution is -2.16. The van der Waals surface area contributed by atoms with Crippen LogP contribution in [0.5, 0.6) is 0 Å². The molecule has 33 valence electrons. The lowest BCUT2D eigenvalue weighted by Gasteiger charge is -1.89. The van der Waals surface area contributed by atoms with Gasteiger partial charge in [-0.25, -0.2) is 0 Å². The van der Waals surface area contributed by atoms with E-state index in [9.17, 15) is 0 Å². The molecule has 4 heteroatoms. The Morgan fingerprint density at radius 3 is 1.33 bits per heavy atom. The third-order valence-corrected chi connectivity index (χ3v) is 0.600. The Morgan fingerprint density at radius 1 is 1.17 bits per heavy atom. The summed E-state index contributed by atoms with van der Waals surface area (Å²) in [5.41, 5.74) is 14.8. The van der Waals surface area contributed by atoms with E-state index < -0.39 is 0 Å². The van der Waals surface area contributed by atoms with Gasteiger partial charge in [-0.15, -0.1) is 0 Å². The molecule has 6 heavy (non-hydrogen) atoms. The third kappa shape index (κ3) is 1.65. The summed E-state index contributed by atoms with van der Waals surface area (Å²) >= 11 is 0. The van der Waals surface area contributed by atoms with Crippen LogP contribution in [0.25, 0.3) is 0 Å². The summed E-state index contributed by atoms with van der Waals surface area (Å²) in [6.45, 7) is 0. The van der Waals surface area contributed by atoms with Crippen molar-refractivity contribution >= 4 is 10.2 Å². The molecule has 3 nitrogen and oxygen atoms in total. The van der Waals surface area contributed by atoms with Crippen molar-refractivity contribution < 1.29 is 0 Å². The molecule has 0 aliphatic rings. The molecule has 0 aromatic rings. The van der Waals surface area contributed by atoms with Gasteiger partial charge < -0.3 is 17.2 Å². The third-order valence-electron chi connectivity index (χ3n) is 0.311. The van der Waals surface area contributed by atoms with Crippen LogP contribution in [-0.4, -0.2) is 10.2 Å². The van der Waals surface area contributed by atoms with Crippen LogP contribution in [0.4, 0.5) is 0 Å². The van der Waals surface area contributed by atoms with Crippen LogP contribution in [0.1, 0.15) is 0 Å². The summed E-state index contributed by atoms with van der Waals surface area (Å²) in [6, 6.07) is 0. The molecule has 0 rings (SSSR count). The van der Waals surface area contributed by atoms with Crippen molar-refractivity contribution in [1.29, 1.82) is 0 Å². The summed E-state index contributed by atoms with van der Waals surface area (Å²) in [5.74, 6) is 0.117. The first-order valence-corrected chi connectivity index (χ1v) is 1.87. The van der Waals surface area contributed by atoms with E-state index in [1.54, 1.807) is 0 Å². The van der Waals surface area contributed by atoms with Crippen LogP contribution < -0.4 is 17.2 Å². The van der Waals surface area contributed by atoms with Gasteiger partial charge in [0.15, 0.2) is 0 Å². The highest BCUT2D eigenvalue weighted by molar-refractivity contribution is 6.21. The van der Waals surface area contributed by atoms with Gasteiger partial charge in [-0.3, -0.25) is 0 Å². The van der Waals surface area contributed by atoms with E-state index in [1.165, 1.54) is 0 Å². The first kappa shape index (κ1) is 5.36. The van der Waals surface area contributed by atoms with Gasteiger partial charge in [0.2, 0.25) is 0 Å². The van der Waals surface area contributed by atoms with Crippen molar-refractivity contribution in [2.45, 2.75) is 0 Å². The summed E-state index contributed by atoms with van der Waals surface area (Å²) in [4.78, 5) is 0. The van der Waals surface area contributed by atoms with Gasteiger partial charge in [0, 0.05) is 5.32 Å². The maximum absolute atomic E-state index is 4.98. The fourth-order valence-electron chi connectivity index (χ4n) is 0. The molecule has 0 aromatic carbocycles. The molecule has 0 unspecified atom stereocenters. The highest BCUT2D eigenvalue weighted by Gasteiger charge is 1.77. The molecule has 0 fully saturated rings. The Labute approximate surface area is 39.6 Å². The van der Waals surface area contributed by atoms with E-state index >= 15 is 0 Å². The minimum Gasteiger partial charge on any atom is -0.403 e. The van der Waals surface area contributed by atoms with Crippen molar-refractivity contribution in [2.75, 3.05) is 0 Å². The van der Waals surface area contributed by atoms with Crippen LogP contribution in [0.3, 0.4) is 0 Å². The van der Waals surface area contributed by atoms with E-state index in [-0.39, 0.29) is 11.1 Å². The second-order valence-electron chi connectivity index (χ2n) is 0.869. The Bertz CT molecular complexity index is 58.9. The molecule has 6 N–H and O–H groups in total. The quantitative estimate of drug-likeness (QED) is 0.313. The van der Waals surface area contributed by atoms with E-state index in [4.69, 9.17) is 17.2 Å². The lowest BCUT2D eigenvalue weighted by molar-refractivity contribution is 1.20. The molecule has 0 saturated heterocycles. The Morgan fingerprint density at radius 2 is 1.33 bits per heavy atom. The first-order valence-electron chi connectivity index (χ1n) is 1.37. The average Bonchev–Trinajstić information content (AvgIpc) is 1.36. The highest BCUT2D eigenvalue weighted by Crippen LogP contribution is 1.67. The Kier molecular flexibility index (Phi) is 1.53. The highest BCUT2D eigenvalue weighted by atomic mass is 28.1. The molecule has 0 spiro atoms. The van der Waals surface area contributed by atoms with Crippen LogP contribution >= 0.6 is 0 Å². The maximum Gasteiger partial charge on any atom is 0.107 e. The van der Waals surface area contributed by atoms with Crippen LogP contribution in [0, 0.1) is 0 Å². The topological polar surface area (TPSA) is 78.1 Å². The molecule has 0 heterocycles. The van der Waals surface area contributed by atoms with Crippen LogP contribution in [-0.2, 0) is 0 Å². The van der Waals surface area contributed by atoms with Gasteiger partial charge in [0.25, 0.3) is 0 Å². The van der Waals surface area contributed by atoms with Crippen molar-refractivity contribution in [1.82, 2.24) is 0 Å². The Hall–Kier alpha value is -0.643. The normalized spacial score (nSPS) is 7.50. The first-order chi connectivity index (χ1) is 2.64. The van der Waals surface area contributed by atoms with Gasteiger partial charge in [0.05, 0.1) is 0 Å². The van der Waals surface area contributed by atoms with Crippen molar-refractivity contribution in [3.63, 3.8) is 0 Å². The van der Waals surface area contributed by atoms with Crippen molar-refractivity contribution in [3.8, 4) is 0 Å². The van der Waals surface area contributed by atoms with Crippen molar-refractivity contribution in [3.05, 3.63) is 11.1 Å². The predicted molar refractivity (Wildman–Crippen MR) is 25.3 cm³/mol. The zero-order valence-corrected chi connectivity index (χ0v) is 4.23. The molecule has 0 amide bonds. The molecular formula is C2H6N3Si. The van der Waals surface area contributed by atoms with E-state index in [2.05, 4.69) is 10.2 Å². The van der Waals surface area contributed by atoms with Gasteiger partial charge in [-0.1, -0.05) is 0 Å². The van der Waals surface area contributed by atoms with Crippen molar-refractivity contribution in [2.24, 2.45) is 17.2 Å². The largest absolute Gasteiger partial charge is 0.403 e. The summed E-state index contributed by atoms with van der Waals surface area (Å²) < 4.78 is 0. The number of nitrogens with two attached hydrogens (primary N) is 3. The number of hydrogen-bond donors (Lipinski definition) is 3. The summed E-state index contributed by atoms with van der Waals surface area (Å²) in [6.07, 6.45) is 0. The summed E-state index contributed by atoms with van der Waals surface area (Å²) in [5, 5.41) is 0.287. The molecule has 0 aliphatic carbocycles. The minimum absolute atomic E-state index is 0.117. The zero-order chi connectivity index (χ0) is 5.15. The lowest BCUT2D eigenvalue weighted by atomic mass is 10.8. The molecule has 0 aliphatic heterocycles. The second kappa shape index (κ2) is 1.71. The van der Waals surface area contributed by atoms with Gasteiger partial charge in [-0.05, 0) is 0 Å². The molecule has 0 aromatic heterocycles.